The molecule has 2 aromatic carbocycles. The molecule has 7 heteroatoms. The molecule has 1 aliphatic heterocycles. The van der Waals surface area contributed by atoms with Crippen LogP contribution in [0.5, 0.6) is 5.75 Å². The molecule has 2 atom stereocenters. The van der Waals surface area contributed by atoms with E-state index in [1.165, 1.54) is 10.1 Å². The number of halogens is 2. The Labute approximate surface area is 212 Å². The second-order valence-electron chi connectivity index (χ2n) is 10.7. The van der Waals surface area contributed by atoms with E-state index < -0.39 is 24.0 Å². The largest absolute Gasteiger partial charge is 0.496 e. The summed E-state index contributed by atoms with van der Waals surface area (Å²) in [5.41, 5.74) is 4.14. The maximum Gasteiger partial charge on any atom is 0.419 e. The van der Waals surface area contributed by atoms with E-state index in [0.717, 1.165) is 34.0 Å². The fourth-order valence-corrected chi connectivity index (χ4v) is 5.19. The van der Waals surface area contributed by atoms with E-state index in [9.17, 15) is 13.6 Å². The molecule has 194 valence electrons. The number of aryl methyl sites for hydroxylation is 2. The molecule has 2 heterocycles. The van der Waals surface area contributed by atoms with Gasteiger partial charge in [0.05, 0.1) is 12.6 Å². The van der Waals surface area contributed by atoms with Gasteiger partial charge in [-0.05, 0) is 69.4 Å². The molecule has 36 heavy (non-hydrogen) atoms. The lowest BCUT2D eigenvalue weighted by Crippen LogP contribution is -2.27. The van der Waals surface area contributed by atoms with Crippen LogP contribution in [0.1, 0.15) is 62.4 Å². The van der Waals surface area contributed by atoms with Crippen molar-refractivity contribution in [2.75, 3.05) is 13.7 Å². The summed E-state index contributed by atoms with van der Waals surface area (Å²) in [5, 5.41) is 0.860. The highest BCUT2D eigenvalue weighted by Gasteiger charge is 2.38. The first-order valence-electron chi connectivity index (χ1n) is 12.5. The molecule has 5 nitrogen and oxygen atoms in total. The van der Waals surface area contributed by atoms with Crippen molar-refractivity contribution in [2.45, 2.75) is 72.1 Å². The molecule has 0 aliphatic carbocycles. The Morgan fingerprint density at radius 2 is 1.86 bits per heavy atom. The standard InChI is InChI=1S/C29H36F2N2O3/c1-7-19-8-10-20(11-9-19)24-15-21(27(30)31)16-32(24)17-23-22-12-13-33(28(34)36-29(3,4)5)26(22)18(2)14-25(23)35-6/h8-14,21,24,27H,7,15-17H2,1-6H3. The van der Waals surface area contributed by atoms with Gasteiger partial charge in [0.25, 0.3) is 0 Å². The Balaban J connectivity index is 1.74. The number of methoxy groups -OCH3 is 1. The van der Waals surface area contributed by atoms with Gasteiger partial charge in [0.2, 0.25) is 6.43 Å². The number of alkyl halides is 2. The lowest BCUT2D eigenvalue weighted by Gasteiger charge is -2.26. The topological polar surface area (TPSA) is 43.7 Å². The number of nitrogens with zero attached hydrogens (tertiary/aromatic N) is 2. The Morgan fingerprint density at radius 3 is 2.44 bits per heavy atom. The average molecular weight is 499 g/mol. The molecule has 2 unspecified atom stereocenters. The maximum absolute atomic E-state index is 13.8. The van der Waals surface area contributed by atoms with Gasteiger partial charge in [-0.2, -0.15) is 0 Å². The smallest absolute Gasteiger partial charge is 0.419 e. The molecule has 1 fully saturated rings. The second-order valence-corrected chi connectivity index (χ2v) is 10.7. The molecular formula is C29H36F2N2O3. The summed E-state index contributed by atoms with van der Waals surface area (Å²) in [7, 11) is 1.61. The Morgan fingerprint density at radius 1 is 1.17 bits per heavy atom. The molecular weight excluding hydrogens is 462 g/mol. The van der Waals surface area contributed by atoms with Crippen molar-refractivity contribution in [3.05, 3.63) is 64.8 Å². The van der Waals surface area contributed by atoms with E-state index in [1.54, 1.807) is 13.3 Å². The highest BCUT2D eigenvalue weighted by atomic mass is 19.3. The Hall–Kier alpha value is -2.93. The molecule has 0 radical (unpaired) electrons. The predicted octanol–water partition coefficient (Wildman–Crippen LogP) is 7.13. The summed E-state index contributed by atoms with van der Waals surface area (Å²) in [4.78, 5) is 15.0. The van der Waals surface area contributed by atoms with Gasteiger partial charge in [-0.25, -0.2) is 13.6 Å². The van der Waals surface area contributed by atoms with Crippen LogP contribution >= 0.6 is 0 Å². The van der Waals surface area contributed by atoms with E-state index in [1.807, 2.05) is 39.8 Å². The molecule has 1 aromatic heterocycles. The van der Waals surface area contributed by atoms with Gasteiger partial charge >= 0.3 is 6.09 Å². The highest BCUT2D eigenvalue weighted by molar-refractivity contribution is 5.95. The lowest BCUT2D eigenvalue weighted by molar-refractivity contribution is 0.0544. The zero-order valence-corrected chi connectivity index (χ0v) is 22.0. The molecule has 0 amide bonds. The van der Waals surface area contributed by atoms with Gasteiger partial charge < -0.3 is 9.47 Å². The van der Waals surface area contributed by atoms with Crippen molar-refractivity contribution in [1.82, 2.24) is 9.47 Å². The molecule has 0 N–H and O–H groups in total. The second kappa shape index (κ2) is 10.2. The third-order valence-electron chi connectivity index (χ3n) is 6.97. The van der Waals surface area contributed by atoms with Crippen molar-refractivity contribution < 1.29 is 23.0 Å². The number of likely N-dealkylation sites (tertiary alicyclic amines) is 1. The van der Waals surface area contributed by atoms with Crippen molar-refractivity contribution in [3.63, 3.8) is 0 Å². The summed E-state index contributed by atoms with van der Waals surface area (Å²) < 4.78 is 40.5. The quantitative estimate of drug-likeness (QED) is 0.363. The van der Waals surface area contributed by atoms with Gasteiger partial charge in [-0.1, -0.05) is 31.2 Å². The maximum atomic E-state index is 13.8. The van der Waals surface area contributed by atoms with Crippen LogP contribution in [0, 0.1) is 12.8 Å². The van der Waals surface area contributed by atoms with Crippen LogP contribution in [-0.4, -0.2) is 41.2 Å². The van der Waals surface area contributed by atoms with E-state index in [4.69, 9.17) is 9.47 Å². The minimum absolute atomic E-state index is 0.121. The van der Waals surface area contributed by atoms with Crippen LogP contribution in [0.15, 0.2) is 42.6 Å². The number of carbonyl (C=O) groups excluding carboxylic acids is 1. The average Bonchev–Trinajstić information content (AvgIpc) is 3.45. The number of carbonyl (C=O) groups is 1. The minimum Gasteiger partial charge on any atom is -0.496 e. The third-order valence-corrected chi connectivity index (χ3v) is 6.97. The van der Waals surface area contributed by atoms with Crippen LogP contribution < -0.4 is 4.74 Å². The first-order chi connectivity index (χ1) is 17.0. The zero-order valence-electron chi connectivity index (χ0n) is 22.0. The summed E-state index contributed by atoms with van der Waals surface area (Å²) in [6.07, 6.45) is 0.216. The molecule has 0 saturated carbocycles. The SMILES string of the molecule is CCc1ccc(C2CC(C(F)F)CN2Cc2c(OC)cc(C)c3c2ccn3C(=O)OC(C)(C)C)cc1. The Bertz CT molecular complexity index is 1230. The van der Waals surface area contributed by atoms with Crippen LogP contribution in [0.4, 0.5) is 13.6 Å². The van der Waals surface area contributed by atoms with E-state index in [-0.39, 0.29) is 6.04 Å². The van der Waals surface area contributed by atoms with Gasteiger partial charge in [0.1, 0.15) is 11.4 Å². The molecule has 1 aliphatic rings. The van der Waals surface area contributed by atoms with Gasteiger partial charge in [-0.3, -0.25) is 9.47 Å². The van der Waals surface area contributed by atoms with Gasteiger partial charge in [-0.15, -0.1) is 0 Å². The molecule has 4 rings (SSSR count). The molecule has 1 saturated heterocycles. The summed E-state index contributed by atoms with van der Waals surface area (Å²) in [6.45, 7) is 10.2. The summed E-state index contributed by atoms with van der Waals surface area (Å²) in [6, 6.07) is 11.9. The third kappa shape index (κ3) is 5.26. The monoisotopic (exact) mass is 498 g/mol. The number of benzene rings is 2. The van der Waals surface area contributed by atoms with Crippen molar-refractivity contribution in [3.8, 4) is 5.75 Å². The number of hydrogen-bond acceptors (Lipinski definition) is 4. The van der Waals surface area contributed by atoms with Crippen molar-refractivity contribution >= 4 is 17.0 Å². The lowest BCUT2D eigenvalue weighted by atomic mass is 9.98. The number of hydrogen-bond donors (Lipinski definition) is 0. The summed E-state index contributed by atoms with van der Waals surface area (Å²) in [5.74, 6) is -0.0123. The van der Waals surface area contributed by atoms with Crippen LogP contribution in [0.3, 0.4) is 0 Å². The van der Waals surface area contributed by atoms with Crippen LogP contribution in [0.2, 0.25) is 0 Å². The first kappa shape index (κ1) is 26.1. The van der Waals surface area contributed by atoms with Crippen molar-refractivity contribution in [2.24, 2.45) is 5.92 Å². The minimum atomic E-state index is -2.37. The number of fused-ring (bicyclic) bond motifs is 1. The van der Waals surface area contributed by atoms with Gasteiger partial charge in [0.15, 0.2) is 0 Å². The predicted molar refractivity (Wildman–Crippen MR) is 138 cm³/mol. The van der Waals surface area contributed by atoms with Crippen LogP contribution in [0.25, 0.3) is 10.9 Å². The van der Waals surface area contributed by atoms with E-state index in [0.29, 0.717) is 25.3 Å². The number of rotatable bonds is 6. The van der Waals surface area contributed by atoms with Crippen LogP contribution in [-0.2, 0) is 17.7 Å². The number of ether oxygens (including phenoxy) is 2. The molecule has 0 spiro atoms. The Kier molecular flexibility index (Phi) is 7.41. The normalized spacial score (nSPS) is 18.8. The first-order valence-corrected chi connectivity index (χ1v) is 12.5. The van der Waals surface area contributed by atoms with E-state index >= 15 is 0 Å². The molecule has 3 aromatic rings. The van der Waals surface area contributed by atoms with Gasteiger partial charge in [0, 0.05) is 42.2 Å². The van der Waals surface area contributed by atoms with E-state index in [2.05, 4.69) is 36.1 Å². The fourth-order valence-electron chi connectivity index (χ4n) is 5.19. The highest BCUT2D eigenvalue weighted by Crippen LogP contribution is 2.42. The molecule has 0 bridgehead atoms. The summed E-state index contributed by atoms with van der Waals surface area (Å²) >= 11 is 0. The fraction of sp³-hybridized carbons (Fsp3) is 0.483. The van der Waals surface area contributed by atoms with Crippen molar-refractivity contribution in [1.29, 1.82) is 0 Å². The zero-order chi connectivity index (χ0) is 26.2. The number of aromatic nitrogens is 1.